The number of benzene rings is 2. The van der Waals surface area contributed by atoms with Crippen molar-refractivity contribution in [2.24, 2.45) is 0 Å². The van der Waals surface area contributed by atoms with Gasteiger partial charge in [-0.15, -0.1) is 5.73 Å². The fourth-order valence-electron chi connectivity index (χ4n) is 2.89. The summed E-state index contributed by atoms with van der Waals surface area (Å²) in [5.41, 5.74) is 7.04. The molecule has 166 valence electrons. The largest absolute Gasteiger partial charge is 0.394 e. The predicted molar refractivity (Wildman–Crippen MR) is 120 cm³/mol. The highest BCUT2D eigenvalue weighted by Crippen LogP contribution is 2.19. The van der Waals surface area contributed by atoms with Crippen LogP contribution >= 0.6 is 0 Å². The second kappa shape index (κ2) is 11.7. The third-order valence-electron chi connectivity index (χ3n) is 4.93. The van der Waals surface area contributed by atoms with Crippen LogP contribution in [0.5, 0.6) is 0 Å². The minimum Gasteiger partial charge on any atom is -0.394 e. The zero-order chi connectivity index (χ0) is 23.0. The van der Waals surface area contributed by atoms with Gasteiger partial charge in [0.15, 0.2) is 0 Å². The lowest BCUT2D eigenvalue weighted by molar-refractivity contribution is -0.134. The molecule has 0 aromatic heterocycles. The highest BCUT2D eigenvalue weighted by atomic mass is 16.4. The van der Waals surface area contributed by atoms with Crippen molar-refractivity contribution in [1.82, 2.24) is 0 Å². The molecule has 0 aliphatic heterocycles. The maximum Gasteiger partial charge on any atom is 0.113 e. The summed E-state index contributed by atoms with van der Waals surface area (Å²) in [4.78, 5) is 0. The van der Waals surface area contributed by atoms with Crippen molar-refractivity contribution in [3.8, 4) is 0 Å². The number of hydrogen-bond acceptors (Lipinski definition) is 6. The van der Waals surface area contributed by atoms with Gasteiger partial charge in [0.2, 0.25) is 0 Å². The molecule has 0 saturated heterocycles. The summed E-state index contributed by atoms with van der Waals surface area (Å²) in [6, 6.07) is 15.2. The van der Waals surface area contributed by atoms with Gasteiger partial charge in [0, 0.05) is 0 Å². The second-order valence-corrected chi connectivity index (χ2v) is 7.59. The number of hydrogen-bond donors (Lipinski definition) is 6. The molecule has 6 heteroatoms. The van der Waals surface area contributed by atoms with Crippen LogP contribution in [-0.4, -0.2) is 67.8 Å². The van der Waals surface area contributed by atoms with Crippen LogP contribution in [0, 0.1) is 13.8 Å². The molecule has 0 aliphatic rings. The molecule has 6 nitrogen and oxygen atoms in total. The molecule has 0 aliphatic carbocycles. The molecular formula is C25H30O6. The summed E-state index contributed by atoms with van der Waals surface area (Å²) >= 11 is 0. The highest BCUT2D eigenvalue weighted by Gasteiger charge is 2.35. The summed E-state index contributed by atoms with van der Waals surface area (Å²) in [5.74, 6) is 0. The van der Waals surface area contributed by atoms with E-state index in [2.05, 4.69) is 5.73 Å². The topological polar surface area (TPSA) is 121 Å². The first-order valence-corrected chi connectivity index (χ1v) is 10.0. The van der Waals surface area contributed by atoms with Crippen LogP contribution in [0.25, 0.3) is 12.2 Å². The Morgan fingerprint density at radius 3 is 1.81 bits per heavy atom. The second-order valence-electron chi connectivity index (χ2n) is 7.59. The third-order valence-corrected chi connectivity index (χ3v) is 4.93. The zero-order valence-corrected chi connectivity index (χ0v) is 17.6. The summed E-state index contributed by atoms with van der Waals surface area (Å²) in [7, 11) is 0. The molecule has 5 atom stereocenters. The first-order valence-electron chi connectivity index (χ1n) is 10.0. The van der Waals surface area contributed by atoms with Gasteiger partial charge in [-0.3, -0.25) is 0 Å². The molecule has 0 spiro atoms. The van der Waals surface area contributed by atoms with Crippen LogP contribution in [0.1, 0.15) is 22.3 Å². The third kappa shape index (κ3) is 7.28. The molecule has 1 unspecified atom stereocenters. The van der Waals surface area contributed by atoms with E-state index in [0.29, 0.717) is 0 Å². The maximum absolute atomic E-state index is 10.7. The quantitative estimate of drug-likeness (QED) is 0.266. The van der Waals surface area contributed by atoms with Crippen LogP contribution in [0.3, 0.4) is 0 Å². The number of aliphatic hydroxyl groups excluding tert-OH is 6. The minimum absolute atomic E-state index is 0.240. The van der Waals surface area contributed by atoms with Crippen molar-refractivity contribution in [3.05, 3.63) is 88.2 Å². The lowest BCUT2D eigenvalue weighted by Crippen LogP contribution is -2.50. The van der Waals surface area contributed by atoms with Crippen LogP contribution in [0.15, 0.2) is 65.9 Å². The van der Waals surface area contributed by atoms with Gasteiger partial charge in [0.25, 0.3) is 0 Å². The highest BCUT2D eigenvalue weighted by molar-refractivity contribution is 5.59. The monoisotopic (exact) mass is 426 g/mol. The van der Waals surface area contributed by atoms with Crippen molar-refractivity contribution >= 4 is 12.2 Å². The van der Waals surface area contributed by atoms with Crippen molar-refractivity contribution < 1.29 is 30.6 Å². The van der Waals surface area contributed by atoms with Crippen molar-refractivity contribution in [2.75, 3.05) is 6.61 Å². The molecule has 2 aromatic carbocycles. The lowest BCUT2D eigenvalue weighted by Gasteiger charge is -2.29. The first-order chi connectivity index (χ1) is 14.7. The molecule has 6 N–H and O–H groups in total. The van der Waals surface area contributed by atoms with Crippen molar-refractivity contribution in [1.29, 1.82) is 0 Å². The van der Waals surface area contributed by atoms with Gasteiger partial charge in [-0.05, 0) is 48.8 Å². The number of rotatable bonds is 9. The minimum atomic E-state index is -1.88. The Morgan fingerprint density at radius 2 is 1.29 bits per heavy atom. The van der Waals surface area contributed by atoms with Gasteiger partial charge in [-0.1, -0.05) is 59.7 Å². The zero-order valence-electron chi connectivity index (χ0n) is 17.6. The lowest BCUT2D eigenvalue weighted by atomic mass is 9.93. The average Bonchev–Trinajstić information content (AvgIpc) is 2.78. The molecule has 2 rings (SSSR count). The SMILES string of the molecule is Cc1ccc(C=C=CC(=Cc2ccc(C)cc2)C(O)[C@H](O)[C@@H](O)[C@H](O)[C@H](O)CO)cc1. The van der Waals surface area contributed by atoms with E-state index in [1.807, 2.05) is 62.4 Å². The Hall–Kier alpha value is -2.54. The molecule has 0 fully saturated rings. The molecule has 0 radical (unpaired) electrons. The molecule has 0 amide bonds. The summed E-state index contributed by atoms with van der Waals surface area (Å²) in [6.45, 7) is 3.13. The van der Waals surface area contributed by atoms with Gasteiger partial charge >= 0.3 is 0 Å². The van der Waals surface area contributed by atoms with Crippen LogP contribution in [0.2, 0.25) is 0 Å². The molecule has 0 heterocycles. The fraction of sp³-hybridized carbons (Fsp3) is 0.320. The Bertz CT molecular complexity index is 910. The molecule has 2 aromatic rings. The molecule has 31 heavy (non-hydrogen) atoms. The standard InChI is InChI=1S/C25H30O6/c1-16-6-10-18(11-7-16)4-3-5-20(14-19-12-8-17(2)9-13-19)22(28)24(30)25(31)23(29)21(27)15-26/h4-14,21-31H,15H2,1-2H3/t3?,21-,22?,23-,24+,25+/m1/s1. The Morgan fingerprint density at radius 1 is 0.774 bits per heavy atom. The van der Waals surface area contributed by atoms with Gasteiger partial charge in [-0.2, -0.15) is 0 Å². The molecule has 0 saturated carbocycles. The van der Waals surface area contributed by atoms with Crippen molar-refractivity contribution in [2.45, 2.75) is 44.4 Å². The van der Waals surface area contributed by atoms with E-state index in [-0.39, 0.29) is 5.57 Å². The van der Waals surface area contributed by atoms with Gasteiger partial charge < -0.3 is 30.6 Å². The van der Waals surface area contributed by atoms with E-state index < -0.39 is 37.1 Å². The summed E-state index contributed by atoms with van der Waals surface area (Å²) in [6.07, 6.45) is -3.95. The fourth-order valence-corrected chi connectivity index (χ4v) is 2.89. The Kier molecular flexibility index (Phi) is 9.37. The van der Waals surface area contributed by atoms with E-state index in [4.69, 9.17) is 5.11 Å². The predicted octanol–water partition coefficient (Wildman–Crippen LogP) is 1.35. The summed E-state index contributed by atoms with van der Waals surface area (Å²) < 4.78 is 0. The van der Waals surface area contributed by atoms with Gasteiger partial charge in [-0.25, -0.2) is 0 Å². The van der Waals surface area contributed by atoms with Crippen LogP contribution in [0.4, 0.5) is 0 Å². The number of aryl methyl sites for hydroxylation is 2. The van der Waals surface area contributed by atoms with Crippen LogP contribution in [-0.2, 0) is 0 Å². The maximum atomic E-state index is 10.7. The van der Waals surface area contributed by atoms with E-state index in [0.717, 1.165) is 22.3 Å². The summed E-state index contributed by atoms with van der Waals surface area (Å²) in [5, 5.41) is 59.5. The average molecular weight is 427 g/mol. The molecule has 0 bridgehead atoms. The van der Waals surface area contributed by atoms with Crippen LogP contribution < -0.4 is 0 Å². The van der Waals surface area contributed by atoms with Gasteiger partial charge in [0.1, 0.15) is 30.5 Å². The number of aliphatic hydroxyl groups is 6. The Balaban J connectivity index is 2.35. The Labute approximate surface area is 182 Å². The van der Waals surface area contributed by atoms with E-state index in [1.165, 1.54) is 6.08 Å². The van der Waals surface area contributed by atoms with E-state index in [9.17, 15) is 25.5 Å². The normalized spacial score (nSPS) is 16.6. The molecular weight excluding hydrogens is 396 g/mol. The first kappa shape index (κ1) is 24.7. The van der Waals surface area contributed by atoms with E-state index in [1.54, 1.807) is 12.2 Å². The smallest absolute Gasteiger partial charge is 0.113 e. The van der Waals surface area contributed by atoms with E-state index >= 15 is 0 Å². The van der Waals surface area contributed by atoms with Gasteiger partial charge in [0.05, 0.1) is 6.61 Å². The van der Waals surface area contributed by atoms with Crippen molar-refractivity contribution in [3.63, 3.8) is 0 Å².